The van der Waals surface area contributed by atoms with E-state index in [2.05, 4.69) is 11.1 Å². The van der Waals surface area contributed by atoms with Gasteiger partial charge in [0.2, 0.25) is 5.88 Å². The van der Waals surface area contributed by atoms with Crippen molar-refractivity contribution in [1.82, 2.24) is 4.98 Å². The molecule has 15 heavy (non-hydrogen) atoms. The van der Waals surface area contributed by atoms with Gasteiger partial charge >= 0.3 is 0 Å². The molecular formula is C12H12N2O. The number of nitrogens with two attached hydrogens (primary N) is 1. The van der Waals surface area contributed by atoms with E-state index in [9.17, 15) is 0 Å². The van der Waals surface area contributed by atoms with Gasteiger partial charge in [-0.1, -0.05) is 0 Å². The maximum absolute atomic E-state index is 5.74. The zero-order chi connectivity index (χ0) is 10.3. The second-order valence-corrected chi connectivity index (χ2v) is 3.86. The quantitative estimate of drug-likeness (QED) is 0.663. The second-order valence-electron chi connectivity index (χ2n) is 3.86. The van der Waals surface area contributed by atoms with Crippen LogP contribution in [-0.2, 0) is 6.42 Å². The molecule has 1 aliphatic rings. The van der Waals surface area contributed by atoms with Gasteiger partial charge in [-0.3, -0.25) is 0 Å². The molecule has 0 atom stereocenters. The van der Waals surface area contributed by atoms with E-state index in [0.29, 0.717) is 0 Å². The molecule has 0 radical (unpaired) electrons. The third kappa shape index (κ3) is 1.40. The lowest BCUT2D eigenvalue weighted by Gasteiger charge is -2.16. The van der Waals surface area contributed by atoms with E-state index in [4.69, 9.17) is 10.5 Å². The van der Waals surface area contributed by atoms with Crippen LogP contribution in [0.3, 0.4) is 0 Å². The first-order chi connectivity index (χ1) is 7.33. The maximum Gasteiger partial charge on any atom is 0.217 e. The van der Waals surface area contributed by atoms with Gasteiger partial charge in [-0.2, -0.15) is 0 Å². The van der Waals surface area contributed by atoms with Gasteiger partial charge in [0.1, 0.15) is 0 Å². The minimum absolute atomic E-state index is 0.778. The molecule has 0 saturated heterocycles. The van der Waals surface area contributed by atoms with Gasteiger partial charge in [0, 0.05) is 16.6 Å². The normalized spacial score (nSPS) is 14.7. The van der Waals surface area contributed by atoms with Crippen LogP contribution < -0.4 is 10.5 Å². The summed E-state index contributed by atoms with van der Waals surface area (Å²) in [7, 11) is 0. The molecule has 2 heterocycles. The van der Waals surface area contributed by atoms with E-state index in [0.717, 1.165) is 41.9 Å². The number of pyridine rings is 1. The summed E-state index contributed by atoms with van der Waals surface area (Å²) in [5.41, 5.74) is 8.66. The van der Waals surface area contributed by atoms with Gasteiger partial charge in [0.25, 0.3) is 0 Å². The maximum atomic E-state index is 5.74. The first kappa shape index (κ1) is 8.53. The highest BCUT2D eigenvalue weighted by Gasteiger charge is 2.12. The molecule has 1 aliphatic heterocycles. The molecule has 0 spiro atoms. The number of aryl methyl sites for hydroxylation is 1. The molecule has 1 aromatic heterocycles. The smallest absolute Gasteiger partial charge is 0.217 e. The fourth-order valence-corrected chi connectivity index (χ4v) is 1.96. The summed E-state index contributed by atoms with van der Waals surface area (Å²) in [6, 6.07) is 7.89. The minimum Gasteiger partial charge on any atom is -0.477 e. The van der Waals surface area contributed by atoms with Crippen LogP contribution in [0, 0.1) is 0 Å². The Morgan fingerprint density at radius 2 is 2.20 bits per heavy atom. The molecule has 3 rings (SSSR count). The molecule has 3 nitrogen and oxygen atoms in total. The highest BCUT2D eigenvalue weighted by atomic mass is 16.5. The predicted octanol–water partition coefficient (Wildman–Crippen LogP) is 2.14. The zero-order valence-electron chi connectivity index (χ0n) is 8.36. The fraction of sp³-hybridized carbons (Fsp3) is 0.250. The number of fused-ring (bicyclic) bond motifs is 2. The Morgan fingerprint density at radius 1 is 1.27 bits per heavy atom. The summed E-state index contributed by atoms with van der Waals surface area (Å²) in [4.78, 5) is 4.48. The predicted molar refractivity (Wildman–Crippen MR) is 60.0 cm³/mol. The highest BCUT2D eigenvalue weighted by molar-refractivity contribution is 5.83. The van der Waals surface area contributed by atoms with Crippen molar-refractivity contribution in [2.75, 3.05) is 12.3 Å². The number of benzene rings is 1. The topological polar surface area (TPSA) is 48.1 Å². The molecule has 2 aromatic rings. The third-order valence-electron chi connectivity index (χ3n) is 2.71. The van der Waals surface area contributed by atoms with Gasteiger partial charge in [-0.25, -0.2) is 4.98 Å². The van der Waals surface area contributed by atoms with E-state index in [1.165, 1.54) is 5.56 Å². The number of nitrogen functional groups attached to an aromatic ring is 1. The zero-order valence-corrected chi connectivity index (χ0v) is 8.36. The molecule has 2 N–H and O–H groups in total. The lowest BCUT2D eigenvalue weighted by atomic mass is 10.1. The molecule has 0 fully saturated rings. The Hall–Kier alpha value is -1.77. The Kier molecular flexibility index (Phi) is 1.78. The van der Waals surface area contributed by atoms with Crippen molar-refractivity contribution in [1.29, 1.82) is 0 Å². The van der Waals surface area contributed by atoms with Gasteiger partial charge < -0.3 is 10.5 Å². The van der Waals surface area contributed by atoms with Crippen molar-refractivity contribution < 1.29 is 4.74 Å². The molecule has 3 heteroatoms. The summed E-state index contributed by atoms with van der Waals surface area (Å²) in [5.74, 6) is 0.790. The number of ether oxygens (including phenoxy) is 1. The number of nitrogens with zero attached hydrogens (tertiary/aromatic N) is 1. The molecule has 76 valence electrons. The second kappa shape index (κ2) is 3.12. The summed E-state index contributed by atoms with van der Waals surface area (Å²) in [6.45, 7) is 0.778. The number of rotatable bonds is 0. The summed E-state index contributed by atoms with van der Waals surface area (Å²) >= 11 is 0. The van der Waals surface area contributed by atoms with Crippen molar-refractivity contribution in [3.8, 4) is 5.88 Å². The first-order valence-corrected chi connectivity index (χ1v) is 5.15. The number of hydrogen-bond donors (Lipinski definition) is 1. The van der Waals surface area contributed by atoms with Crippen LogP contribution >= 0.6 is 0 Å². The molecule has 0 saturated carbocycles. The van der Waals surface area contributed by atoms with E-state index in [1.54, 1.807) is 0 Å². The lowest BCUT2D eigenvalue weighted by molar-refractivity contribution is 0.277. The van der Waals surface area contributed by atoms with Crippen LogP contribution in [0.4, 0.5) is 5.69 Å². The van der Waals surface area contributed by atoms with Gasteiger partial charge in [0.15, 0.2) is 0 Å². The monoisotopic (exact) mass is 200 g/mol. The van der Waals surface area contributed by atoms with Crippen LogP contribution in [-0.4, -0.2) is 11.6 Å². The van der Waals surface area contributed by atoms with E-state index in [1.807, 2.05) is 18.2 Å². The van der Waals surface area contributed by atoms with Gasteiger partial charge in [-0.05, 0) is 37.1 Å². The fourth-order valence-electron chi connectivity index (χ4n) is 1.96. The molecule has 0 unspecified atom stereocenters. The van der Waals surface area contributed by atoms with Crippen LogP contribution in [0.25, 0.3) is 10.9 Å². The molecular weight excluding hydrogens is 188 g/mol. The van der Waals surface area contributed by atoms with Crippen LogP contribution in [0.15, 0.2) is 24.3 Å². The highest BCUT2D eigenvalue weighted by Crippen LogP contribution is 2.27. The standard InChI is InChI=1S/C12H12N2O/c13-10-3-4-11-9(7-10)6-8-2-1-5-15-12(8)14-11/h3-4,6-7H,1-2,5,13H2. The van der Waals surface area contributed by atoms with Crippen molar-refractivity contribution in [3.05, 3.63) is 29.8 Å². The lowest BCUT2D eigenvalue weighted by Crippen LogP contribution is -2.09. The molecule has 0 bridgehead atoms. The average molecular weight is 200 g/mol. The van der Waals surface area contributed by atoms with Crippen LogP contribution in [0.5, 0.6) is 5.88 Å². The number of anilines is 1. The number of aromatic nitrogens is 1. The Labute approximate surface area is 87.9 Å². The minimum atomic E-state index is 0.778. The van der Waals surface area contributed by atoms with Gasteiger partial charge in [-0.15, -0.1) is 0 Å². The molecule has 0 amide bonds. The van der Waals surface area contributed by atoms with Gasteiger partial charge in [0.05, 0.1) is 12.1 Å². The summed E-state index contributed by atoms with van der Waals surface area (Å²) < 4.78 is 5.52. The van der Waals surface area contributed by atoms with Crippen LogP contribution in [0.1, 0.15) is 12.0 Å². The largest absolute Gasteiger partial charge is 0.477 e. The van der Waals surface area contributed by atoms with E-state index in [-0.39, 0.29) is 0 Å². The Balaban J connectivity index is 2.26. The van der Waals surface area contributed by atoms with Crippen LogP contribution in [0.2, 0.25) is 0 Å². The number of hydrogen-bond acceptors (Lipinski definition) is 3. The third-order valence-corrected chi connectivity index (χ3v) is 2.71. The van der Waals surface area contributed by atoms with E-state index >= 15 is 0 Å². The Morgan fingerprint density at radius 3 is 3.13 bits per heavy atom. The van der Waals surface area contributed by atoms with Crippen molar-refractivity contribution in [3.63, 3.8) is 0 Å². The average Bonchev–Trinajstić information content (AvgIpc) is 2.26. The molecule has 1 aromatic carbocycles. The van der Waals surface area contributed by atoms with Crippen molar-refractivity contribution in [2.45, 2.75) is 12.8 Å². The van der Waals surface area contributed by atoms with Crippen molar-refractivity contribution >= 4 is 16.6 Å². The summed E-state index contributed by atoms with van der Waals surface area (Å²) in [5, 5.41) is 1.10. The van der Waals surface area contributed by atoms with Crippen molar-refractivity contribution in [2.24, 2.45) is 0 Å². The van der Waals surface area contributed by atoms with E-state index < -0.39 is 0 Å². The Bertz CT molecular complexity index is 522. The molecule has 0 aliphatic carbocycles. The SMILES string of the molecule is Nc1ccc2nc3c(cc2c1)CCCO3. The first-order valence-electron chi connectivity index (χ1n) is 5.15. The summed E-state index contributed by atoms with van der Waals surface area (Å²) in [6.07, 6.45) is 2.12.